The number of benzene rings is 2. The molecular formula is C18H19NOSi. The minimum Gasteiger partial charge on any atom is -0.322 e. The molecule has 2 aromatic carbocycles. The fraction of sp³-hybridized carbons (Fsp3) is 0.167. The molecule has 0 aliphatic heterocycles. The van der Waals surface area contributed by atoms with Crippen molar-refractivity contribution in [3.05, 3.63) is 65.7 Å². The van der Waals surface area contributed by atoms with Gasteiger partial charge in [0.15, 0.2) is 0 Å². The van der Waals surface area contributed by atoms with Gasteiger partial charge < -0.3 is 5.32 Å². The Bertz CT molecular complexity index is 690. The van der Waals surface area contributed by atoms with Crippen LogP contribution in [0.5, 0.6) is 0 Å². The molecule has 0 saturated heterocycles. The Morgan fingerprint density at radius 3 is 2.24 bits per heavy atom. The van der Waals surface area contributed by atoms with Crippen molar-refractivity contribution in [2.75, 3.05) is 5.32 Å². The number of para-hydroxylation sites is 1. The van der Waals surface area contributed by atoms with Gasteiger partial charge in [0.25, 0.3) is 5.91 Å². The molecule has 0 atom stereocenters. The largest absolute Gasteiger partial charge is 0.322 e. The average molecular weight is 293 g/mol. The summed E-state index contributed by atoms with van der Waals surface area (Å²) >= 11 is 0. The van der Waals surface area contributed by atoms with E-state index in [1.807, 2.05) is 54.6 Å². The van der Waals surface area contributed by atoms with Crippen LogP contribution in [-0.2, 0) is 0 Å². The van der Waals surface area contributed by atoms with E-state index in [-0.39, 0.29) is 5.91 Å². The van der Waals surface area contributed by atoms with E-state index in [1.54, 1.807) is 0 Å². The molecular weight excluding hydrogens is 274 g/mol. The molecule has 0 bridgehead atoms. The summed E-state index contributed by atoms with van der Waals surface area (Å²) in [7, 11) is -1.46. The fourth-order valence-corrected chi connectivity index (χ4v) is 2.27. The lowest BCUT2D eigenvalue weighted by Gasteiger charge is -2.08. The van der Waals surface area contributed by atoms with E-state index in [0.717, 1.165) is 11.3 Å². The first-order chi connectivity index (χ1) is 9.96. The first-order valence-corrected chi connectivity index (χ1v) is 10.4. The third-order valence-electron chi connectivity index (χ3n) is 2.78. The lowest BCUT2D eigenvalue weighted by Crippen LogP contribution is -2.17. The van der Waals surface area contributed by atoms with Crippen molar-refractivity contribution in [2.24, 2.45) is 0 Å². The zero-order chi connectivity index (χ0) is 15.3. The molecule has 0 saturated carbocycles. The smallest absolute Gasteiger partial charge is 0.256 e. The predicted molar refractivity (Wildman–Crippen MR) is 91.1 cm³/mol. The molecule has 1 amide bonds. The van der Waals surface area contributed by atoms with E-state index in [2.05, 4.69) is 36.4 Å². The lowest BCUT2D eigenvalue weighted by atomic mass is 10.1. The monoisotopic (exact) mass is 293 g/mol. The summed E-state index contributed by atoms with van der Waals surface area (Å²) in [6.07, 6.45) is 0. The fourth-order valence-electron chi connectivity index (χ4n) is 1.76. The summed E-state index contributed by atoms with van der Waals surface area (Å²) in [5, 5.41) is 2.90. The van der Waals surface area contributed by atoms with Crippen molar-refractivity contribution in [1.82, 2.24) is 0 Å². The number of carbonyl (C=O) groups is 1. The van der Waals surface area contributed by atoms with Crippen LogP contribution in [0.15, 0.2) is 54.6 Å². The highest BCUT2D eigenvalue weighted by Gasteiger charge is 2.11. The summed E-state index contributed by atoms with van der Waals surface area (Å²) in [5.41, 5.74) is 5.50. The molecule has 0 aromatic heterocycles. The second kappa shape index (κ2) is 6.42. The lowest BCUT2D eigenvalue weighted by molar-refractivity contribution is 0.102. The van der Waals surface area contributed by atoms with E-state index in [0.29, 0.717) is 5.56 Å². The van der Waals surface area contributed by atoms with Crippen molar-refractivity contribution >= 4 is 19.7 Å². The Hall–Kier alpha value is -2.31. The van der Waals surface area contributed by atoms with Gasteiger partial charge in [-0.1, -0.05) is 55.9 Å². The van der Waals surface area contributed by atoms with Crippen LogP contribution in [0.3, 0.4) is 0 Å². The maximum atomic E-state index is 12.4. The number of rotatable bonds is 2. The third-order valence-corrected chi connectivity index (χ3v) is 3.65. The summed E-state index contributed by atoms with van der Waals surface area (Å²) in [4.78, 5) is 12.4. The van der Waals surface area contributed by atoms with Crippen LogP contribution in [0, 0.1) is 11.5 Å². The molecule has 0 unspecified atom stereocenters. The number of anilines is 1. The Balaban J connectivity index is 2.27. The van der Waals surface area contributed by atoms with Crippen molar-refractivity contribution in [3.8, 4) is 11.5 Å². The SMILES string of the molecule is C[Si](C)(C)C#Cc1ccccc1C(=O)Nc1ccccc1. The van der Waals surface area contributed by atoms with Crippen LogP contribution < -0.4 is 5.32 Å². The molecule has 0 radical (unpaired) electrons. The Labute approximate surface area is 127 Å². The number of hydrogen-bond acceptors (Lipinski definition) is 1. The van der Waals surface area contributed by atoms with Gasteiger partial charge >= 0.3 is 0 Å². The van der Waals surface area contributed by atoms with E-state index < -0.39 is 8.07 Å². The third kappa shape index (κ3) is 4.62. The standard InChI is InChI=1S/C18H19NOSi/c1-21(2,3)14-13-15-9-7-8-12-17(15)18(20)19-16-10-5-4-6-11-16/h4-12H,1-3H3,(H,19,20). The van der Waals surface area contributed by atoms with Gasteiger partial charge in [0.2, 0.25) is 0 Å². The average Bonchev–Trinajstić information content (AvgIpc) is 2.46. The van der Waals surface area contributed by atoms with Crippen LogP contribution in [-0.4, -0.2) is 14.0 Å². The topological polar surface area (TPSA) is 29.1 Å². The molecule has 106 valence electrons. The zero-order valence-corrected chi connectivity index (χ0v) is 13.6. The van der Waals surface area contributed by atoms with E-state index in [9.17, 15) is 4.79 Å². The van der Waals surface area contributed by atoms with Crippen LogP contribution >= 0.6 is 0 Å². The Kier molecular flexibility index (Phi) is 4.61. The highest BCUT2D eigenvalue weighted by atomic mass is 28.3. The second-order valence-electron chi connectivity index (χ2n) is 5.87. The molecule has 1 N–H and O–H groups in total. The molecule has 0 spiro atoms. The molecule has 3 heteroatoms. The number of hydrogen-bond donors (Lipinski definition) is 1. The van der Waals surface area contributed by atoms with Crippen LogP contribution in [0.2, 0.25) is 19.6 Å². The minimum absolute atomic E-state index is 0.123. The van der Waals surface area contributed by atoms with Crippen LogP contribution in [0.4, 0.5) is 5.69 Å². The van der Waals surface area contributed by atoms with Gasteiger partial charge in [-0.2, -0.15) is 0 Å². The zero-order valence-electron chi connectivity index (χ0n) is 12.6. The van der Waals surface area contributed by atoms with Crippen molar-refractivity contribution in [1.29, 1.82) is 0 Å². The number of nitrogens with one attached hydrogen (secondary N) is 1. The van der Waals surface area contributed by atoms with Gasteiger partial charge in [0, 0.05) is 11.3 Å². The van der Waals surface area contributed by atoms with E-state index in [4.69, 9.17) is 0 Å². The molecule has 0 aliphatic carbocycles. The summed E-state index contributed by atoms with van der Waals surface area (Å²) in [6.45, 7) is 6.56. The van der Waals surface area contributed by atoms with Gasteiger partial charge in [0.1, 0.15) is 8.07 Å². The number of carbonyl (C=O) groups excluding carboxylic acids is 1. The minimum atomic E-state index is -1.46. The van der Waals surface area contributed by atoms with E-state index in [1.165, 1.54) is 0 Å². The molecule has 21 heavy (non-hydrogen) atoms. The second-order valence-corrected chi connectivity index (χ2v) is 10.6. The number of amides is 1. The molecule has 2 aromatic rings. The first-order valence-electron chi connectivity index (χ1n) is 6.94. The summed E-state index contributed by atoms with van der Waals surface area (Å²) in [6, 6.07) is 16.9. The highest BCUT2D eigenvalue weighted by molar-refractivity contribution is 6.83. The van der Waals surface area contributed by atoms with Gasteiger partial charge in [-0.15, -0.1) is 5.54 Å². The van der Waals surface area contributed by atoms with Crippen molar-refractivity contribution in [2.45, 2.75) is 19.6 Å². The summed E-state index contributed by atoms with van der Waals surface area (Å²) < 4.78 is 0. The molecule has 0 fully saturated rings. The van der Waals surface area contributed by atoms with Gasteiger partial charge in [-0.05, 0) is 24.3 Å². The normalized spacial score (nSPS) is 10.4. The predicted octanol–water partition coefficient (Wildman–Crippen LogP) is 4.17. The van der Waals surface area contributed by atoms with Gasteiger partial charge in [-0.3, -0.25) is 4.79 Å². The Morgan fingerprint density at radius 1 is 0.952 bits per heavy atom. The van der Waals surface area contributed by atoms with E-state index >= 15 is 0 Å². The molecule has 0 heterocycles. The molecule has 2 nitrogen and oxygen atoms in total. The summed E-state index contributed by atoms with van der Waals surface area (Å²) in [5.74, 6) is 3.05. The van der Waals surface area contributed by atoms with Gasteiger partial charge in [0.05, 0.1) is 5.56 Å². The van der Waals surface area contributed by atoms with Crippen LogP contribution in [0.25, 0.3) is 0 Å². The van der Waals surface area contributed by atoms with Crippen molar-refractivity contribution < 1.29 is 4.79 Å². The van der Waals surface area contributed by atoms with Gasteiger partial charge in [-0.25, -0.2) is 0 Å². The van der Waals surface area contributed by atoms with Crippen LogP contribution in [0.1, 0.15) is 15.9 Å². The molecule has 0 aliphatic rings. The Morgan fingerprint density at radius 2 is 1.57 bits per heavy atom. The maximum Gasteiger partial charge on any atom is 0.256 e. The van der Waals surface area contributed by atoms with Crippen molar-refractivity contribution in [3.63, 3.8) is 0 Å². The first kappa shape index (κ1) is 15.1. The quantitative estimate of drug-likeness (QED) is 0.653. The highest BCUT2D eigenvalue weighted by Crippen LogP contribution is 2.12. The molecule has 2 rings (SSSR count). The maximum absolute atomic E-state index is 12.4.